The Morgan fingerprint density at radius 1 is 1.48 bits per heavy atom. The largest absolute Gasteiger partial charge is 0.490 e. The van der Waals surface area contributed by atoms with E-state index in [2.05, 4.69) is 10.3 Å². The Morgan fingerprint density at radius 2 is 2.29 bits per heavy atom. The normalized spacial score (nSPS) is 12.1. The number of ether oxygens (including phenoxy) is 1. The molecule has 1 aromatic heterocycles. The third-order valence-electron chi connectivity index (χ3n) is 3.01. The predicted octanol–water partition coefficient (Wildman–Crippen LogP) is 2.89. The van der Waals surface area contributed by atoms with Gasteiger partial charge >= 0.3 is 0 Å². The number of aromatic nitrogens is 2. The van der Waals surface area contributed by atoms with Crippen LogP contribution in [-0.4, -0.2) is 22.2 Å². The molecule has 0 spiro atoms. The molecule has 0 aliphatic carbocycles. The van der Waals surface area contributed by atoms with Crippen molar-refractivity contribution in [3.05, 3.63) is 36.7 Å². The Morgan fingerprint density at radius 3 is 2.95 bits per heavy atom. The van der Waals surface area contributed by atoms with Gasteiger partial charge in [0.15, 0.2) is 11.6 Å². The van der Waals surface area contributed by atoms with E-state index in [9.17, 15) is 4.39 Å². The topological polar surface area (TPSA) is 65.1 Å². The first-order valence-corrected chi connectivity index (χ1v) is 7.04. The number of anilines is 2. The molecule has 1 atom stereocenters. The van der Waals surface area contributed by atoms with Gasteiger partial charge in [-0.15, -0.1) is 0 Å². The van der Waals surface area contributed by atoms with E-state index in [4.69, 9.17) is 10.5 Å². The second kappa shape index (κ2) is 6.97. The molecule has 0 saturated carbocycles. The number of hydrogen-bond acceptors (Lipinski definition) is 4. The van der Waals surface area contributed by atoms with E-state index in [1.807, 2.05) is 24.6 Å². The van der Waals surface area contributed by atoms with Gasteiger partial charge in [0.1, 0.15) is 0 Å². The number of nitrogens with zero attached hydrogens (tertiary/aromatic N) is 2. The lowest BCUT2D eigenvalue weighted by atomic mass is 10.2. The van der Waals surface area contributed by atoms with Gasteiger partial charge in [0.2, 0.25) is 0 Å². The predicted molar refractivity (Wildman–Crippen MR) is 81.9 cm³/mol. The van der Waals surface area contributed by atoms with Crippen molar-refractivity contribution in [1.82, 2.24) is 9.55 Å². The summed E-state index contributed by atoms with van der Waals surface area (Å²) in [5.74, 6) is -0.211. The van der Waals surface area contributed by atoms with Crippen molar-refractivity contribution in [2.75, 3.05) is 17.7 Å². The number of imidazole rings is 1. The van der Waals surface area contributed by atoms with Crippen LogP contribution in [-0.2, 0) is 6.54 Å². The average molecular weight is 292 g/mol. The molecule has 2 aromatic rings. The molecule has 0 radical (unpaired) electrons. The Labute approximate surface area is 123 Å². The number of rotatable bonds is 7. The zero-order valence-electron chi connectivity index (χ0n) is 12.3. The quantitative estimate of drug-likeness (QED) is 0.770. The van der Waals surface area contributed by atoms with Crippen LogP contribution in [0.1, 0.15) is 20.3 Å². The van der Waals surface area contributed by atoms with Gasteiger partial charge in [-0.1, -0.05) is 6.92 Å². The third kappa shape index (κ3) is 4.11. The molecule has 0 saturated heterocycles. The lowest BCUT2D eigenvalue weighted by Crippen LogP contribution is -2.22. The van der Waals surface area contributed by atoms with Crippen molar-refractivity contribution < 1.29 is 9.13 Å². The molecule has 0 aliphatic heterocycles. The lowest BCUT2D eigenvalue weighted by molar-refractivity contribution is 0.301. The van der Waals surface area contributed by atoms with Crippen LogP contribution in [0.3, 0.4) is 0 Å². The van der Waals surface area contributed by atoms with E-state index < -0.39 is 5.82 Å². The number of halogens is 1. The smallest absolute Gasteiger partial charge is 0.167 e. The van der Waals surface area contributed by atoms with Gasteiger partial charge in [-0.25, -0.2) is 9.37 Å². The second-order valence-corrected chi connectivity index (χ2v) is 5.02. The maximum absolute atomic E-state index is 13.8. The van der Waals surface area contributed by atoms with Crippen LogP contribution in [0, 0.1) is 5.82 Å². The monoisotopic (exact) mass is 292 g/mol. The van der Waals surface area contributed by atoms with E-state index in [0.29, 0.717) is 18.0 Å². The maximum atomic E-state index is 13.8. The highest BCUT2D eigenvalue weighted by molar-refractivity contribution is 5.68. The fourth-order valence-electron chi connectivity index (χ4n) is 2.04. The van der Waals surface area contributed by atoms with E-state index in [0.717, 1.165) is 13.0 Å². The van der Waals surface area contributed by atoms with Crippen molar-refractivity contribution >= 4 is 11.4 Å². The standard InChI is InChI=1S/C15H21FN4O/c1-3-6-21-15-8-14(13(17)7-12(15)16)19-11(2)9-20-5-4-18-10-20/h4-5,7-8,10-11,19H,3,6,9,17H2,1-2H3. The van der Waals surface area contributed by atoms with Crippen molar-refractivity contribution in [3.8, 4) is 5.75 Å². The fourth-order valence-corrected chi connectivity index (χ4v) is 2.04. The van der Waals surface area contributed by atoms with Crippen molar-refractivity contribution in [1.29, 1.82) is 0 Å². The first-order chi connectivity index (χ1) is 10.1. The molecule has 3 N–H and O–H groups in total. The van der Waals surface area contributed by atoms with E-state index >= 15 is 0 Å². The Balaban J connectivity index is 2.07. The number of hydrogen-bond donors (Lipinski definition) is 2. The molecule has 1 aromatic carbocycles. The summed E-state index contributed by atoms with van der Waals surface area (Å²) < 4.78 is 21.1. The van der Waals surface area contributed by atoms with Gasteiger partial charge in [-0.05, 0) is 13.3 Å². The molecule has 1 heterocycles. The van der Waals surface area contributed by atoms with Gasteiger partial charge < -0.3 is 20.4 Å². The highest BCUT2D eigenvalue weighted by Gasteiger charge is 2.11. The summed E-state index contributed by atoms with van der Waals surface area (Å²) >= 11 is 0. The van der Waals surface area contributed by atoms with Crippen molar-refractivity contribution in [2.45, 2.75) is 32.9 Å². The summed E-state index contributed by atoms with van der Waals surface area (Å²) in [7, 11) is 0. The molecular weight excluding hydrogens is 271 g/mol. The summed E-state index contributed by atoms with van der Waals surface area (Å²) in [6.07, 6.45) is 6.20. The van der Waals surface area contributed by atoms with Crippen LogP contribution >= 0.6 is 0 Å². The van der Waals surface area contributed by atoms with Crippen LogP contribution in [0.2, 0.25) is 0 Å². The molecule has 2 rings (SSSR count). The van der Waals surface area contributed by atoms with Crippen LogP contribution < -0.4 is 15.8 Å². The molecular formula is C15H21FN4O. The third-order valence-corrected chi connectivity index (χ3v) is 3.01. The second-order valence-electron chi connectivity index (χ2n) is 5.02. The van der Waals surface area contributed by atoms with Gasteiger partial charge in [0.05, 0.1) is 24.3 Å². The van der Waals surface area contributed by atoms with E-state index in [-0.39, 0.29) is 11.8 Å². The lowest BCUT2D eigenvalue weighted by Gasteiger charge is -2.18. The summed E-state index contributed by atoms with van der Waals surface area (Å²) in [4.78, 5) is 4.00. The van der Waals surface area contributed by atoms with Crippen LogP contribution in [0.4, 0.5) is 15.8 Å². The van der Waals surface area contributed by atoms with Gasteiger partial charge in [0.25, 0.3) is 0 Å². The van der Waals surface area contributed by atoms with Gasteiger partial charge in [-0.2, -0.15) is 0 Å². The highest BCUT2D eigenvalue weighted by atomic mass is 19.1. The molecule has 5 nitrogen and oxygen atoms in total. The molecule has 0 amide bonds. The molecule has 6 heteroatoms. The van der Waals surface area contributed by atoms with Crippen LogP contribution in [0.5, 0.6) is 5.75 Å². The first-order valence-electron chi connectivity index (χ1n) is 7.04. The van der Waals surface area contributed by atoms with Crippen LogP contribution in [0.25, 0.3) is 0 Å². The van der Waals surface area contributed by atoms with Gasteiger partial charge in [-0.3, -0.25) is 0 Å². The van der Waals surface area contributed by atoms with Crippen LogP contribution in [0.15, 0.2) is 30.9 Å². The SMILES string of the molecule is CCCOc1cc(NC(C)Cn2ccnc2)c(N)cc1F. The molecule has 1 unspecified atom stereocenters. The van der Waals surface area contributed by atoms with E-state index in [1.165, 1.54) is 6.07 Å². The summed E-state index contributed by atoms with van der Waals surface area (Å²) in [6.45, 7) is 5.21. The fraction of sp³-hybridized carbons (Fsp3) is 0.400. The molecule has 114 valence electrons. The molecule has 21 heavy (non-hydrogen) atoms. The summed E-state index contributed by atoms with van der Waals surface area (Å²) in [5.41, 5.74) is 6.91. The summed E-state index contributed by atoms with van der Waals surface area (Å²) in [5, 5.41) is 3.27. The maximum Gasteiger partial charge on any atom is 0.167 e. The number of nitrogens with one attached hydrogen (secondary N) is 1. The zero-order chi connectivity index (χ0) is 15.2. The minimum Gasteiger partial charge on any atom is -0.490 e. The Hall–Kier alpha value is -2.24. The Kier molecular flexibility index (Phi) is 5.03. The Bertz CT molecular complexity index is 571. The van der Waals surface area contributed by atoms with E-state index in [1.54, 1.807) is 18.6 Å². The summed E-state index contributed by atoms with van der Waals surface area (Å²) in [6, 6.07) is 3.02. The van der Waals surface area contributed by atoms with Crippen molar-refractivity contribution in [3.63, 3.8) is 0 Å². The number of benzene rings is 1. The van der Waals surface area contributed by atoms with Gasteiger partial charge in [0, 0.05) is 37.1 Å². The average Bonchev–Trinajstić information content (AvgIpc) is 2.93. The first kappa shape index (κ1) is 15.2. The number of nitrogens with two attached hydrogens (primary N) is 1. The minimum atomic E-state index is -0.436. The minimum absolute atomic E-state index is 0.117. The zero-order valence-corrected chi connectivity index (χ0v) is 12.3. The number of nitrogen functional groups attached to an aromatic ring is 1. The molecule has 0 fully saturated rings. The molecule has 0 bridgehead atoms. The van der Waals surface area contributed by atoms with Crippen molar-refractivity contribution in [2.24, 2.45) is 0 Å². The highest BCUT2D eigenvalue weighted by Crippen LogP contribution is 2.29. The molecule has 0 aliphatic rings.